The summed E-state index contributed by atoms with van der Waals surface area (Å²) in [4.78, 5) is 15.8. The van der Waals surface area contributed by atoms with Crippen LogP contribution in [0.2, 0.25) is 0 Å². The fraction of sp³-hybridized carbons (Fsp3) is 0.419. The van der Waals surface area contributed by atoms with Gasteiger partial charge in [0.15, 0.2) is 22.8 Å². The van der Waals surface area contributed by atoms with Crippen molar-refractivity contribution in [3.63, 3.8) is 0 Å². The molecule has 4 aliphatic rings. The molecule has 8 nitrogen and oxygen atoms in total. The molecule has 222 valence electrons. The highest BCUT2D eigenvalue weighted by Crippen LogP contribution is 2.44. The van der Waals surface area contributed by atoms with E-state index in [-0.39, 0.29) is 63.8 Å². The Morgan fingerprint density at radius 2 is 1.95 bits per heavy atom. The number of hydrogen-bond acceptors (Lipinski definition) is 7. The minimum Gasteiger partial charge on any atom is -0.508 e. The largest absolute Gasteiger partial charge is 0.508 e. The van der Waals surface area contributed by atoms with E-state index < -0.39 is 29.2 Å². The second-order valence-corrected chi connectivity index (χ2v) is 11.9. The molecule has 0 radical (unpaired) electrons. The number of rotatable bonds is 4. The van der Waals surface area contributed by atoms with Crippen LogP contribution in [-0.2, 0) is 0 Å². The van der Waals surface area contributed by atoms with Crippen LogP contribution in [-0.4, -0.2) is 79.8 Å². The van der Waals surface area contributed by atoms with Crippen LogP contribution in [0.5, 0.6) is 17.6 Å². The van der Waals surface area contributed by atoms with Crippen LogP contribution in [0.25, 0.3) is 32.9 Å². The Hall–Kier alpha value is -4.06. The van der Waals surface area contributed by atoms with Crippen molar-refractivity contribution in [3.8, 4) is 28.9 Å². The molecule has 6 heterocycles. The van der Waals surface area contributed by atoms with Crippen molar-refractivity contribution >= 4 is 33.2 Å². The summed E-state index contributed by atoms with van der Waals surface area (Å²) in [6, 6.07) is 4.59. The molecule has 0 saturated carbocycles. The summed E-state index contributed by atoms with van der Waals surface area (Å²) in [5.74, 6) is -3.06. The van der Waals surface area contributed by atoms with Gasteiger partial charge in [0.25, 0.3) is 0 Å². The highest BCUT2D eigenvalue weighted by atomic mass is 19.2. The van der Waals surface area contributed by atoms with Crippen molar-refractivity contribution in [2.45, 2.75) is 50.2 Å². The molecule has 1 N–H and O–H groups in total. The fourth-order valence-electron chi connectivity index (χ4n) is 7.31. The topological polar surface area (TPSA) is 83.6 Å². The predicted octanol–water partition coefficient (Wildman–Crippen LogP) is 5.58. The van der Waals surface area contributed by atoms with Crippen molar-refractivity contribution in [1.82, 2.24) is 19.9 Å². The smallest absolute Gasteiger partial charge is 0.434 e. The average molecular weight is 595 g/mol. The van der Waals surface area contributed by atoms with E-state index in [9.17, 15) is 13.9 Å². The summed E-state index contributed by atoms with van der Waals surface area (Å²) in [5.41, 5.74) is -0.179. The molecule has 2 atom stereocenters. The lowest BCUT2D eigenvalue weighted by molar-refractivity contribution is -0.450. The Kier molecular flexibility index (Phi) is 6.01. The number of phenolic OH excluding ortho intramolecular Hbond substituents is 1. The van der Waals surface area contributed by atoms with Gasteiger partial charge in [0, 0.05) is 35.3 Å². The number of ether oxygens (including phenoxy) is 2. The SMILES string of the molecule is Oc1cc(-c2nc3c4c(nc(OC[C@@]56CCCN5C[C@H](F)C6)nc4c2F)[N+]2=C(CCCC2)CO3)c2c(F)c(F)ccc2c1. The minimum atomic E-state index is -1.19. The van der Waals surface area contributed by atoms with Crippen LogP contribution in [0.1, 0.15) is 38.5 Å². The maximum atomic E-state index is 16.7. The van der Waals surface area contributed by atoms with Gasteiger partial charge in [0.2, 0.25) is 5.88 Å². The highest BCUT2D eigenvalue weighted by Gasteiger charge is 2.49. The number of fused-ring (bicyclic) bond motifs is 3. The Balaban J connectivity index is 1.33. The molecule has 0 bridgehead atoms. The molecule has 43 heavy (non-hydrogen) atoms. The van der Waals surface area contributed by atoms with E-state index in [1.807, 2.05) is 4.58 Å². The Morgan fingerprint density at radius 3 is 2.84 bits per heavy atom. The third-order valence-electron chi connectivity index (χ3n) is 9.30. The molecule has 0 aliphatic carbocycles. The van der Waals surface area contributed by atoms with Gasteiger partial charge in [-0.25, -0.2) is 27.1 Å². The average Bonchev–Trinajstić information content (AvgIpc) is 3.47. The van der Waals surface area contributed by atoms with E-state index in [1.54, 1.807) is 0 Å². The molecule has 8 rings (SSSR count). The minimum absolute atomic E-state index is 0.0415. The second-order valence-electron chi connectivity index (χ2n) is 11.9. The zero-order chi connectivity index (χ0) is 29.5. The lowest BCUT2D eigenvalue weighted by Gasteiger charge is -2.30. The van der Waals surface area contributed by atoms with Crippen LogP contribution >= 0.6 is 0 Å². The predicted molar refractivity (Wildman–Crippen MR) is 150 cm³/mol. The standard InChI is InChI=1S/C31H27F4N5O3/c32-17-12-31(7-3-8-39(31)13-17)15-43-30-37-27-23-28(38-30)40-9-2-1-4-18(40)14-42-29(23)36-26(25(27)35)20-11-19(41)10-16-5-6-21(33)24(34)22(16)20/h5-6,10-11,17H,1-4,7-9,12-15H2/p+1/t17-,31+/m1/s1. The van der Waals surface area contributed by atoms with E-state index in [0.717, 1.165) is 56.5 Å². The van der Waals surface area contributed by atoms with Crippen molar-refractivity contribution in [1.29, 1.82) is 0 Å². The molecule has 2 saturated heterocycles. The van der Waals surface area contributed by atoms with Crippen molar-refractivity contribution in [3.05, 3.63) is 41.7 Å². The number of aromatic hydroxyl groups is 1. The number of benzene rings is 2. The van der Waals surface area contributed by atoms with Crippen molar-refractivity contribution in [2.75, 3.05) is 32.8 Å². The Bertz CT molecular complexity index is 1870. The summed E-state index contributed by atoms with van der Waals surface area (Å²) >= 11 is 0. The first-order valence-electron chi connectivity index (χ1n) is 14.6. The van der Waals surface area contributed by atoms with Gasteiger partial charge in [0.1, 0.15) is 42.1 Å². The summed E-state index contributed by atoms with van der Waals surface area (Å²) < 4.78 is 74.8. The Morgan fingerprint density at radius 1 is 1.07 bits per heavy atom. The third-order valence-corrected chi connectivity index (χ3v) is 9.30. The third kappa shape index (κ3) is 4.13. The van der Waals surface area contributed by atoms with Gasteiger partial charge in [-0.1, -0.05) is 6.07 Å². The zero-order valence-electron chi connectivity index (χ0n) is 23.2. The van der Waals surface area contributed by atoms with E-state index in [4.69, 9.17) is 14.5 Å². The number of pyridine rings is 1. The van der Waals surface area contributed by atoms with Gasteiger partial charge in [-0.2, -0.15) is 4.98 Å². The molecular weight excluding hydrogens is 566 g/mol. The molecule has 0 amide bonds. The second kappa shape index (κ2) is 9.73. The van der Waals surface area contributed by atoms with Crippen LogP contribution in [0.3, 0.4) is 0 Å². The number of halogens is 4. The number of phenols is 1. The summed E-state index contributed by atoms with van der Waals surface area (Å²) in [5, 5.41) is 10.6. The van der Waals surface area contributed by atoms with E-state index in [1.165, 1.54) is 12.1 Å². The van der Waals surface area contributed by atoms with E-state index >= 15 is 8.78 Å². The first kappa shape index (κ1) is 26.6. The zero-order valence-corrected chi connectivity index (χ0v) is 23.2. The first-order chi connectivity index (χ1) is 20.8. The highest BCUT2D eigenvalue weighted by molar-refractivity contribution is 6.01. The fourth-order valence-corrected chi connectivity index (χ4v) is 7.31. The Labute approximate surface area is 243 Å². The lowest BCUT2D eigenvalue weighted by atomic mass is 9.95. The monoisotopic (exact) mass is 594 g/mol. The molecule has 4 aliphatic heterocycles. The summed E-state index contributed by atoms with van der Waals surface area (Å²) in [6.07, 6.45) is 3.73. The van der Waals surface area contributed by atoms with Gasteiger partial charge in [0.05, 0.1) is 12.1 Å². The maximum Gasteiger partial charge on any atom is 0.434 e. The van der Waals surface area contributed by atoms with Gasteiger partial charge in [-0.3, -0.25) is 4.90 Å². The maximum absolute atomic E-state index is 16.7. The van der Waals surface area contributed by atoms with Crippen molar-refractivity contribution < 1.29 is 36.7 Å². The lowest BCUT2D eigenvalue weighted by Crippen LogP contribution is -2.43. The molecule has 0 unspecified atom stereocenters. The summed E-state index contributed by atoms with van der Waals surface area (Å²) in [7, 11) is 0. The summed E-state index contributed by atoms with van der Waals surface area (Å²) in [6.45, 7) is 2.12. The van der Waals surface area contributed by atoms with Crippen LogP contribution in [0.4, 0.5) is 23.4 Å². The van der Waals surface area contributed by atoms with Gasteiger partial charge in [-0.15, -0.1) is 0 Å². The van der Waals surface area contributed by atoms with Crippen molar-refractivity contribution in [2.24, 2.45) is 0 Å². The first-order valence-corrected chi connectivity index (χ1v) is 14.6. The number of alkyl halides is 1. The number of hydrogen-bond donors (Lipinski definition) is 1. The quantitative estimate of drug-likeness (QED) is 0.244. The molecule has 2 fully saturated rings. The molecular formula is C31H28F4N5O3+. The van der Waals surface area contributed by atoms with Gasteiger partial charge >= 0.3 is 11.8 Å². The number of aromatic nitrogens is 3. The molecule has 2 aromatic carbocycles. The molecule has 0 spiro atoms. The van der Waals surface area contributed by atoms with E-state index in [0.29, 0.717) is 25.3 Å². The van der Waals surface area contributed by atoms with Gasteiger partial charge < -0.3 is 14.6 Å². The molecule has 2 aromatic heterocycles. The van der Waals surface area contributed by atoms with Crippen LogP contribution in [0.15, 0.2) is 24.3 Å². The normalized spacial score (nSPS) is 23.4. The number of nitrogens with zero attached hydrogens (tertiary/aromatic N) is 5. The van der Waals surface area contributed by atoms with E-state index in [2.05, 4.69) is 14.9 Å². The van der Waals surface area contributed by atoms with Gasteiger partial charge in [-0.05, 0) is 55.8 Å². The molecule has 4 aromatic rings. The molecule has 12 heteroatoms. The van der Waals surface area contributed by atoms with Crippen LogP contribution < -0.4 is 9.47 Å². The van der Waals surface area contributed by atoms with Crippen LogP contribution in [0, 0.1) is 17.5 Å².